The Balaban J connectivity index is 1.57. The molecule has 3 saturated heterocycles. The third kappa shape index (κ3) is 8.81. The van der Waals surface area contributed by atoms with Gasteiger partial charge in [0, 0.05) is 32.5 Å². The average Bonchev–Trinajstić information content (AvgIpc) is 3.35. The van der Waals surface area contributed by atoms with Crippen LogP contribution in [-0.2, 0) is 33.2 Å². The van der Waals surface area contributed by atoms with E-state index in [2.05, 4.69) is 5.32 Å². The van der Waals surface area contributed by atoms with Gasteiger partial charge in [-0.05, 0) is 6.42 Å². The van der Waals surface area contributed by atoms with Gasteiger partial charge in [-0.1, -0.05) is 0 Å². The second kappa shape index (κ2) is 16.5. The van der Waals surface area contributed by atoms with Gasteiger partial charge < -0.3 is 98.2 Å². The maximum absolute atomic E-state index is 13.7. The number of carbonyl (C=O) groups excluding carboxylic acids is 1. The molecule has 4 fully saturated rings. The van der Waals surface area contributed by atoms with Gasteiger partial charge in [0.05, 0.1) is 36.9 Å². The van der Waals surface area contributed by atoms with E-state index in [4.69, 9.17) is 57.1 Å². The molecular formula is C27H50F2N6O14. The summed E-state index contributed by atoms with van der Waals surface area (Å²) in [5.74, 6) is -5.35. The standard InChI is InChI=1S/C27H50F2N6O14/c1-27(28,29)22(42)23(43)35-9-3-8(32)19(47-24-13(33)10(37)2-7(4-30)44-24)21(15(9)38)49-26-18(41)20(12(6-36)46-26)48-25-14(34)17(40)16(39)11(5-31)45-25/h7-22,24-26,36-42H,2-6,30-34H2,1H3,(H,35,43)/t7-,8-,9+,10+,11-,12+,13+,14+,15-,16+,17+,18+,19+,20+,21+,22?,24+,25+,26-/m0/s1. The predicted octanol–water partition coefficient (Wildman–Crippen LogP) is -7.69. The van der Waals surface area contributed by atoms with E-state index in [1.807, 2.05) is 0 Å². The number of aliphatic hydroxyl groups excluding tert-OH is 7. The molecule has 1 amide bonds. The summed E-state index contributed by atoms with van der Waals surface area (Å²) in [5, 5.41) is 75.7. The number of rotatable bonds is 12. The van der Waals surface area contributed by atoms with Crippen LogP contribution in [0.2, 0.25) is 0 Å². The van der Waals surface area contributed by atoms with Crippen molar-refractivity contribution in [3.05, 3.63) is 0 Å². The lowest BCUT2D eigenvalue weighted by Gasteiger charge is -2.47. The van der Waals surface area contributed by atoms with Crippen molar-refractivity contribution in [2.24, 2.45) is 28.7 Å². The van der Waals surface area contributed by atoms with Crippen LogP contribution in [0.3, 0.4) is 0 Å². The summed E-state index contributed by atoms with van der Waals surface area (Å²) in [6.45, 7) is -0.672. The largest absolute Gasteiger partial charge is 0.394 e. The first-order valence-corrected chi connectivity index (χ1v) is 15.9. The lowest BCUT2D eigenvalue weighted by atomic mass is 9.83. The number of carbonyl (C=O) groups is 1. The zero-order valence-corrected chi connectivity index (χ0v) is 26.6. The van der Waals surface area contributed by atoms with Gasteiger partial charge in [0.25, 0.3) is 11.8 Å². The average molecular weight is 721 g/mol. The fourth-order valence-electron chi connectivity index (χ4n) is 6.29. The van der Waals surface area contributed by atoms with Gasteiger partial charge in [-0.3, -0.25) is 4.79 Å². The minimum atomic E-state index is -3.83. The smallest absolute Gasteiger partial charge is 0.279 e. The molecular weight excluding hydrogens is 670 g/mol. The van der Waals surface area contributed by atoms with Crippen molar-refractivity contribution >= 4 is 5.91 Å². The molecule has 1 aliphatic carbocycles. The van der Waals surface area contributed by atoms with E-state index in [1.165, 1.54) is 0 Å². The first-order chi connectivity index (χ1) is 22.9. The van der Waals surface area contributed by atoms with Gasteiger partial charge >= 0.3 is 0 Å². The molecule has 0 spiro atoms. The molecule has 0 aromatic heterocycles. The minimum absolute atomic E-state index is 0.0101. The first-order valence-electron chi connectivity index (χ1n) is 15.9. The maximum atomic E-state index is 13.7. The molecule has 1 unspecified atom stereocenters. The molecule has 4 rings (SSSR count). The highest BCUT2D eigenvalue weighted by molar-refractivity contribution is 5.81. The van der Waals surface area contributed by atoms with Crippen molar-refractivity contribution in [3.8, 4) is 0 Å². The molecule has 19 atom stereocenters. The van der Waals surface area contributed by atoms with E-state index in [0.717, 1.165) is 0 Å². The Morgan fingerprint density at radius 1 is 0.816 bits per heavy atom. The van der Waals surface area contributed by atoms with Gasteiger partial charge in [-0.15, -0.1) is 0 Å². The summed E-state index contributed by atoms with van der Waals surface area (Å²) in [6.07, 6.45) is -22.8. The second-order valence-corrected chi connectivity index (χ2v) is 13.0. The highest BCUT2D eigenvalue weighted by atomic mass is 19.3. The molecule has 3 heterocycles. The molecule has 4 aliphatic rings. The highest BCUT2D eigenvalue weighted by Crippen LogP contribution is 2.35. The number of aliphatic hydroxyl groups is 7. The van der Waals surface area contributed by atoms with Crippen molar-refractivity contribution in [2.75, 3.05) is 19.7 Å². The topological polar surface area (TPSA) is 356 Å². The molecule has 286 valence electrons. The fraction of sp³-hybridized carbons (Fsp3) is 0.963. The Bertz CT molecular complexity index is 1090. The van der Waals surface area contributed by atoms with Crippen LogP contribution >= 0.6 is 0 Å². The molecule has 3 aliphatic heterocycles. The quantitative estimate of drug-likeness (QED) is 0.0890. The van der Waals surface area contributed by atoms with Crippen LogP contribution < -0.4 is 34.0 Å². The predicted molar refractivity (Wildman–Crippen MR) is 158 cm³/mol. The summed E-state index contributed by atoms with van der Waals surface area (Å²) >= 11 is 0. The van der Waals surface area contributed by atoms with E-state index in [1.54, 1.807) is 0 Å². The van der Waals surface area contributed by atoms with Crippen LogP contribution in [0, 0.1) is 0 Å². The lowest BCUT2D eigenvalue weighted by Crippen LogP contribution is -2.68. The SMILES string of the molecule is CC(F)(F)C(O)C(=O)N[C@@H]1C[C@H](N)[C@@H](O[C@H]2O[C@H](CN)C[C@@H](O)[C@H]2N)[C@H](O[C@@H]2O[C@H](CO)[C@@H](O[C@H]3O[C@@H](CN)[C@@H](O)[C@H](O)[C@H]3N)[C@H]2O)[C@H]1O. The number of alkyl halides is 2. The number of amides is 1. The van der Waals surface area contributed by atoms with Crippen LogP contribution in [0.1, 0.15) is 19.8 Å². The number of hydrogen-bond donors (Lipinski definition) is 13. The summed E-state index contributed by atoms with van der Waals surface area (Å²) in [5.41, 5.74) is 29.8. The summed E-state index contributed by atoms with van der Waals surface area (Å²) in [7, 11) is 0. The third-order valence-corrected chi connectivity index (χ3v) is 9.25. The Kier molecular flexibility index (Phi) is 13.6. The van der Waals surface area contributed by atoms with Crippen molar-refractivity contribution in [2.45, 2.75) is 142 Å². The second-order valence-electron chi connectivity index (χ2n) is 13.0. The third-order valence-electron chi connectivity index (χ3n) is 9.25. The summed E-state index contributed by atoms with van der Waals surface area (Å²) in [6, 6.07) is -5.04. The first kappa shape index (κ1) is 40.4. The zero-order valence-electron chi connectivity index (χ0n) is 26.6. The molecule has 0 aromatic rings. The van der Waals surface area contributed by atoms with Crippen molar-refractivity contribution < 1.29 is 77.7 Å². The van der Waals surface area contributed by atoms with Crippen LogP contribution in [-0.4, -0.2) is 184 Å². The van der Waals surface area contributed by atoms with Crippen molar-refractivity contribution in [1.29, 1.82) is 0 Å². The number of halogens is 2. The molecule has 49 heavy (non-hydrogen) atoms. The van der Waals surface area contributed by atoms with Crippen molar-refractivity contribution in [1.82, 2.24) is 5.32 Å². The number of hydrogen-bond acceptors (Lipinski definition) is 19. The van der Waals surface area contributed by atoms with Gasteiger partial charge in [-0.25, -0.2) is 8.78 Å². The summed E-state index contributed by atoms with van der Waals surface area (Å²) < 4.78 is 62.2. The van der Waals surface area contributed by atoms with E-state index in [-0.39, 0.29) is 25.9 Å². The maximum Gasteiger partial charge on any atom is 0.279 e. The van der Waals surface area contributed by atoms with E-state index in [0.29, 0.717) is 6.92 Å². The Labute approximate surface area is 279 Å². The monoisotopic (exact) mass is 720 g/mol. The minimum Gasteiger partial charge on any atom is -0.394 e. The zero-order chi connectivity index (χ0) is 36.5. The molecule has 18 N–H and O–H groups in total. The van der Waals surface area contributed by atoms with Gasteiger partial charge in [0.2, 0.25) is 0 Å². The lowest BCUT2D eigenvalue weighted by molar-refractivity contribution is -0.295. The molecule has 22 heteroatoms. The van der Waals surface area contributed by atoms with Crippen LogP contribution in [0.5, 0.6) is 0 Å². The normalized spacial score (nSPS) is 47.2. The summed E-state index contributed by atoms with van der Waals surface area (Å²) in [4.78, 5) is 12.5. The van der Waals surface area contributed by atoms with E-state index in [9.17, 15) is 49.3 Å². The van der Waals surface area contributed by atoms with Crippen LogP contribution in [0.4, 0.5) is 8.78 Å². The number of ether oxygens (including phenoxy) is 6. The van der Waals surface area contributed by atoms with Gasteiger partial charge in [-0.2, -0.15) is 0 Å². The number of nitrogens with two attached hydrogens (primary N) is 5. The van der Waals surface area contributed by atoms with Crippen molar-refractivity contribution in [3.63, 3.8) is 0 Å². The molecule has 0 bridgehead atoms. The van der Waals surface area contributed by atoms with Crippen LogP contribution in [0.25, 0.3) is 0 Å². The van der Waals surface area contributed by atoms with Gasteiger partial charge in [0.1, 0.15) is 54.9 Å². The molecule has 1 saturated carbocycles. The number of nitrogens with one attached hydrogen (secondary N) is 1. The molecule has 0 radical (unpaired) electrons. The van der Waals surface area contributed by atoms with E-state index < -0.39 is 135 Å². The Hall–Kier alpha value is -1.39. The Morgan fingerprint density at radius 2 is 1.41 bits per heavy atom. The van der Waals surface area contributed by atoms with Crippen LogP contribution in [0.15, 0.2) is 0 Å². The Morgan fingerprint density at radius 3 is 2.00 bits per heavy atom. The molecule has 0 aromatic carbocycles. The van der Waals surface area contributed by atoms with E-state index >= 15 is 0 Å². The fourth-order valence-corrected chi connectivity index (χ4v) is 6.29. The highest BCUT2D eigenvalue weighted by Gasteiger charge is 2.55. The van der Waals surface area contributed by atoms with Gasteiger partial charge in [0.15, 0.2) is 25.0 Å². The molecule has 20 nitrogen and oxygen atoms in total.